The number of urea groups is 4. The second-order valence-corrected chi connectivity index (χ2v) is 37.5. The zero-order valence-electron chi connectivity index (χ0n) is 80.1. The Balaban J connectivity index is 0.000000289. The smallest absolute Gasteiger partial charge is 0.327 e. The van der Waals surface area contributed by atoms with Crippen molar-refractivity contribution in [3.05, 3.63) is 324 Å². The average Bonchev–Trinajstić information content (AvgIpc) is 0.844. The molecule has 0 spiro atoms. The number of amides is 12. The normalized spacial score (nSPS) is 11.2. The van der Waals surface area contributed by atoms with Crippen molar-refractivity contribution >= 4 is 136 Å². The summed E-state index contributed by atoms with van der Waals surface area (Å²) in [5, 5.41) is 60.1. The van der Waals surface area contributed by atoms with Crippen molar-refractivity contribution in [3.63, 3.8) is 0 Å². The van der Waals surface area contributed by atoms with Gasteiger partial charge in [-0.15, -0.1) is 0 Å². The van der Waals surface area contributed by atoms with E-state index < -0.39 is 101 Å². The number of nitrogens with one attached hydrogen (secondary N) is 4. The summed E-state index contributed by atoms with van der Waals surface area (Å²) in [7, 11) is 0. The number of thioether (sulfide) groups is 4. The van der Waals surface area contributed by atoms with Crippen LogP contribution in [0.5, 0.6) is 0 Å². The number of hydrogen-bond acceptors (Lipinski definition) is 18. The second kappa shape index (κ2) is 62.7. The van der Waals surface area contributed by atoms with Gasteiger partial charge >= 0.3 is 48.0 Å². The Morgan fingerprint density at radius 2 is 0.645 bits per heavy atom. The number of nitro groups is 1. The Morgan fingerprint density at radius 1 is 0.355 bits per heavy atom. The van der Waals surface area contributed by atoms with E-state index in [0.29, 0.717) is 98.9 Å². The van der Waals surface area contributed by atoms with Crippen molar-refractivity contribution in [2.45, 2.75) is 137 Å². The SMILES string of the molecule is CCCN(C(=O)N[C@@H](CSCC(C)C)C(=O)O)C(=O)c1cccc(C#Cc2ccc(Cl)cc2)c1.CCCN(C(=O)N[C@@H](CSCC(C)C)C(=O)O)C(=O)c1cccc(C#Cc2ccc(F)cc2)c1.CCCN(C(=O)N[C@@H](CSCc1ccccc1)C(=O)O)C(=O)c1cccc(C#CCC(C)C)c1.CCCN(C(=O)N[C@@H](CSCc1ccccc1)C(=O)O)C(=O)c1cccc(C#Cc2ccccc2[N+](=O)[O-])c1. The summed E-state index contributed by atoms with van der Waals surface area (Å²) in [4.78, 5) is 166. The number of aliphatic carboxylic acids is 4. The van der Waals surface area contributed by atoms with Gasteiger partial charge in [-0.2, -0.15) is 47.0 Å². The van der Waals surface area contributed by atoms with Crippen molar-refractivity contribution in [1.82, 2.24) is 40.9 Å². The Labute approximate surface area is 845 Å². The highest BCUT2D eigenvalue weighted by Gasteiger charge is 2.33. The van der Waals surface area contributed by atoms with Crippen LogP contribution in [0.15, 0.2) is 231 Å². The lowest BCUT2D eigenvalue weighted by atomic mass is 10.1. The molecule has 0 saturated heterocycles. The first-order chi connectivity index (χ1) is 67.5. The van der Waals surface area contributed by atoms with Gasteiger partial charge in [0.1, 0.15) is 35.5 Å². The molecule has 141 heavy (non-hydrogen) atoms. The number of halogens is 2. The fourth-order valence-corrected chi connectivity index (χ4v) is 16.7. The summed E-state index contributed by atoms with van der Waals surface area (Å²) in [5.41, 5.74) is 6.99. The van der Waals surface area contributed by atoms with Crippen molar-refractivity contribution in [2.75, 3.05) is 60.7 Å². The maximum Gasteiger partial charge on any atom is 0.327 e. The minimum atomic E-state index is -1.19. The molecular weight excluding hydrogens is 1890 g/mol. The number of nitro benzene ring substituents is 1. The topological polar surface area (TPSA) is 390 Å². The standard InChI is InChI=1S/C29H27N3O6S.C27H32N2O4S.C26H29ClN2O4S.C26H29FN2O4S/c1-2-17-31(29(36)30-25(28(34)35)20-39-19-22-9-4-3-5-10-22)27(33)24-13-8-11-21(18-24)15-16-23-12-6-7-14-26(23)32(37)38;1-4-16-29(25(30)23-15-9-14-21(17-23)13-8-10-20(2)3)27(33)28-24(26(31)32)19-34-18-22-11-6-5-7-12-22;2*1-4-14-29(26(33)28-23(25(31)32)17-34-16-18(2)3)24(30)21-7-5-6-20(15-21)9-8-19-10-12-22(27)13-11-19/h3-14,18,25H,2,17,19-20H2,1H3,(H,30,36)(H,34,35);5-7,9,11-12,14-15,17,20,24H,4,10,16,18-19H2,1-3H3,(H,28,33)(H,31,32);2*5-7,10-13,15,18,23H,4,14,16-17H2,1-3H3,(H,28,33)(H,31,32)/t25-;24-;2*23-/m0000/s1. The molecule has 9 aromatic rings. The number of nitrogens with zero attached hydrogens (tertiary/aromatic N) is 5. The fourth-order valence-electron chi connectivity index (χ4n) is 12.4. The Morgan fingerprint density at radius 3 is 0.950 bits per heavy atom. The summed E-state index contributed by atoms with van der Waals surface area (Å²) in [6.45, 7) is 20.2. The highest BCUT2D eigenvalue weighted by atomic mass is 35.5. The van der Waals surface area contributed by atoms with E-state index in [2.05, 4.69) is 82.5 Å². The van der Waals surface area contributed by atoms with Crippen molar-refractivity contribution in [2.24, 2.45) is 17.8 Å². The predicted octanol–water partition coefficient (Wildman–Crippen LogP) is 19.7. The van der Waals surface area contributed by atoms with Crippen LogP contribution >= 0.6 is 58.6 Å². The Kier molecular flexibility index (Phi) is 51.4. The number of carbonyl (C=O) groups excluding carboxylic acids is 8. The molecule has 0 heterocycles. The molecule has 9 aromatic carbocycles. The number of para-hydroxylation sites is 1. The van der Waals surface area contributed by atoms with Gasteiger partial charge in [0.2, 0.25) is 0 Å². The third-order valence-electron chi connectivity index (χ3n) is 19.4. The van der Waals surface area contributed by atoms with E-state index >= 15 is 0 Å². The average molecular weight is 2010 g/mol. The van der Waals surface area contributed by atoms with Gasteiger partial charge in [-0.3, -0.25) is 48.9 Å². The van der Waals surface area contributed by atoms with Crippen LogP contribution in [0.4, 0.5) is 29.3 Å². The highest BCUT2D eigenvalue weighted by Crippen LogP contribution is 2.23. The summed E-state index contributed by atoms with van der Waals surface area (Å²) in [5.74, 6) is 21.3. The van der Waals surface area contributed by atoms with Crippen LogP contribution < -0.4 is 21.3 Å². The maximum atomic E-state index is 13.3. The lowest BCUT2D eigenvalue weighted by molar-refractivity contribution is -0.385. The van der Waals surface area contributed by atoms with E-state index in [4.69, 9.17) is 11.6 Å². The summed E-state index contributed by atoms with van der Waals surface area (Å²) >= 11 is 11.6. The number of carboxylic acids is 4. The van der Waals surface area contributed by atoms with Crippen LogP contribution in [0.25, 0.3) is 0 Å². The second-order valence-electron chi connectivity index (χ2n) is 32.8. The molecule has 0 saturated carbocycles. The molecule has 0 unspecified atom stereocenters. The van der Waals surface area contributed by atoms with Gasteiger partial charge in [-0.1, -0.05) is 225 Å². The van der Waals surface area contributed by atoms with Crippen LogP contribution in [0, 0.1) is 81.0 Å². The minimum absolute atomic E-state index is 0.0836. The van der Waals surface area contributed by atoms with Gasteiger partial charge < -0.3 is 41.7 Å². The van der Waals surface area contributed by atoms with E-state index in [9.17, 15) is 92.5 Å². The zero-order chi connectivity index (χ0) is 103. The third-order valence-corrected chi connectivity index (χ3v) is 24.8. The van der Waals surface area contributed by atoms with E-state index in [1.54, 1.807) is 134 Å². The molecule has 0 aromatic heterocycles. The molecule has 0 fully saturated rings. The summed E-state index contributed by atoms with van der Waals surface area (Å²) in [6.07, 6.45) is 2.82. The number of carbonyl (C=O) groups is 12. The van der Waals surface area contributed by atoms with Gasteiger partial charge in [0.25, 0.3) is 29.3 Å². The highest BCUT2D eigenvalue weighted by molar-refractivity contribution is 7.99. The first kappa shape index (κ1) is 116. The van der Waals surface area contributed by atoms with Gasteiger partial charge in [-0.25, -0.2) is 42.7 Å². The first-order valence-electron chi connectivity index (χ1n) is 45.5. The molecule has 0 aliphatic carbocycles. The fraction of sp³-hybridized carbons (Fsp3) is 0.315. The number of carboxylic acid groups (broad SMARTS) is 4. The number of rotatable bonds is 38. The molecule has 9 rings (SSSR count). The number of imide groups is 4. The molecule has 0 radical (unpaired) electrons. The molecule has 740 valence electrons. The van der Waals surface area contributed by atoms with Gasteiger partial charge in [0, 0.05) is 134 Å². The van der Waals surface area contributed by atoms with Crippen LogP contribution in [0.2, 0.25) is 5.02 Å². The molecule has 4 atom stereocenters. The summed E-state index contributed by atoms with van der Waals surface area (Å²) < 4.78 is 13.1. The maximum absolute atomic E-state index is 13.3. The molecule has 0 bridgehead atoms. The van der Waals surface area contributed by atoms with E-state index in [1.165, 1.54) is 83.4 Å². The monoisotopic (exact) mass is 2010 g/mol. The van der Waals surface area contributed by atoms with Gasteiger partial charge in [-0.05, 0) is 193 Å². The lowest BCUT2D eigenvalue weighted by Gasteiger charge is -2.23. The Bertz CT molecular complexity index is 5820. The Hall–Kier alpha value is -14.1. The van der Waals surface area contributed by atoms with Gasteiger partial charge in [0.05, 0.1) is 4.92 Å². The summed E-state index contributed by atoms with van der Waals surface area (Å²) in [6, 6.07) is 57.1. The van der Waals surface area contributed by atoms with Crippen LogP contribution in [-0.2, 0) is 30.7 Å². The molecule has 33 heteroatoms. The molecule has 0 aliphatic heterocycles. The van der Waals surface area contributed by atoms with E-state index in [1.807, 2.05) is 115 Å². The molecule has 8 N–H and O–H groups in total. The quantitative estimate of drug-likeness (QED) is 0.0101. The third kappa shape index (κ3) is 42.2. The molecular formula is C108H117ClFN9O18S4. The van der Waals surface area contributed by atoms with E-state index in [-0.39, 0.29) is 77.4 Å². The van der Waals surface area contributed by atoms with Crippen LogP contribution in [-0.4, -0.2) is 201 Å². The lowest BCUT2D eigenvalue weighted by Crippen LogP contribution is -2.51. The van der Waals surface area contributed by atoms with Crippen molar-refractivity contribution in [3.8, 4) is 47.4 Å². The first-order valence-corrected chi connectivity index (χ1v) is 50.5. The van der Waals surface area contributed by atoms with Crippen molar-refractivity contribution in [1.29, 1.82) is 0 Å². The van der Waals surface area contributed by atoms with Crippen molar-refractivity contribution < 1.29 is 87.3 Å². The van der Waals surface area contributed by atoms with E-state index in [0.717, 1.165) is 54.2 Å². The predicted molar refractivity (Wildman–Crippen MR) is 556 cm³/mol. The molecule has 0 aliphatic rings. The number of hydrogen-bond donors (Lipinski definition) is 8. The van der Waals surface area contributed by atoms with Gasteiger partial charge in [0.15, 0.2) is 0 Å². The van der Waals surface area contributed by atoms with Crippen LogP contribution in [0.1, 0.15) is 193 Å². The van der Waals surface area contributed by atoms with Crippen LogP contribution in [0.3, 0.4) is 0 Å². The minimum Gasteiger partial charge on any atom is -0.480 e. The number of benzene rings is 9. The largest absolute Gasteiger partial charge is 0.480 e. The molecule has 12 amide bonds. The zero-order valence-corrected chi connectivity index (χ0v) is 84.2. The molecule has 27 nitrogen and oxygen atoms in total.